The minimum atomic E-state index is -0.258. The van der Waals surface area contributed by atoms with Crippen LogP contribution < -0.4 is 11.1 Å². The first-order chi connectivity index (χ1) is 12.5. The summed E-state index contributed by atoms with van der Waals surface area (Å²) in [6.07, 6.45) is 4.34. The van der Waals surface area contributed by atoms with Crippen molar-refractivity contribution in [3.63, 3.8) is 0 Å². The van der Waals surface area contributed by atoms with Crippen LogP contribution >= 0.6 is 0 Å². The van der Waals surface area contributed by atoms with Crippen LogP contribution in [0.4, 0.5) is 0 Å². The van der Waals surface area contributed by atoms with E-state index in [4.69, 9.17) is 10.5 Å². The van der Waals surface area contributed by atoms with E-state index in [9.17, 15) is 4.79 Å². The maximum Gasteiger partial charge on any atom is 0.220 e. The van der Waals surface area contributed by atoms with Gasteiger partial charge in [0.1, 0.15) is 0 Å². The van der Waals surface area contributed by atoms with Gasteiger partial charge < -0.3 is 15.8 Å². The molecule has 5 nitrogen and oxygen atoms in total. The monoisotopic (exact) mass is 359 g/mol. The fraction of sp³-hybridized carbons (Fsp3) is 0.667. The molecule has 2 fully saturated rings. The zero-order valence-electron chi connectivity index (χ0n) is 16.2. The largest absolute Gasteiger partial charge is 0.381 e. The molecule has 1 aliphatic heterocycles. The lowest BCUT2D eigenvalue weighted by Gasteiger charge is -2.52. The van der Waals surface area contributed by atoms with E-state index < -0.39 is 0 Å². The van der Waals surface area contributed by atoms with Gasteiger partial charge in [0.25, 0.3) is 0 Å². The molecule has 0 aromatic heterocycles. The van der Waals surface area contributed by atoms with Crippen molar-refractivity contribution in [2.24, 2.45) is 11.7 Å². The molecule has 5 heteroatoms. The third-order valence-electron chi connectivity index (χ3n) is 6.43. The van der Waals surface area contributed by atoms with Gasteiger partial charge in [-0.05, 0) is 38.3 Å². The number of nitrogens with two attached hydrogens (primary N) is 1. The molecule has 0 spiro atoms. The van der Waals surface area contributed by atoms with Crippen molar-refractivity contribution < 1.29 is 9.53 Å². The molecule has 0 atom stereocenters. The number of ether oxygens (including phenoxy) is 1. The summed E-state index contributed by atoms with van der Waals surface area (Å²) in [4.78, 5) is 14.5. The average Bonchev–Trinajstić information content (AvgIpc) is 2.65. The third-order valence-corrected chi connectivity index (χ3v) is 6.43. The lowest BCUT2D eigenvalue weighted by Crippen LogP contribution is -2.60. The number of hydrogen-bond donors (Lipinski definition) is 2. The molecule has 1 heterocycles. The minimum absolute atomic E-state index is 0.00641. The second-order valence-electron chi connectivity index (χ2n) is 8.07. The second kappa shape index (κ2) is 8.07. The highest BCUT2D eigenvalue weighted by molar-refractivity contribution is 5.76. The Hall–Kier alpha value is -1.43. The molecular formula is C21H33N3O2. The zero-order chi connectivity index (χ0) is 18.6. The van der Waals surface area contributed by atoms with E-state index in [2.05, 4.69) is 47.6 Å². The number of nitrogens with one attached hydrogen (secondary N) is 1. The van der Waals surface area contributed by atoms with E-state index >= 15 is 0 Å². The first-order valence-corrected chi connectivity index (χ1v) is 9.89. The molecule has 0 radical (unpaired) electrons. The van der Waals surface area contributed by atoms with Crippen LogP contribution in [0.15, 0.2) is 30.3 Å². The standard InChI is InChI=1S/C21H33N3O2/c1-3-19(25)23-20(16-22)9-11-21(12-10-20,18-7-5-4-6-8-18)24(2)13-17-14-26-15-17/h4-8,17H,3,9-16,22H2,1-2H3,(H,23,25)/t20-,21+. The zero-order valence-corrected chi connectivity index (χ0v) is 16.2. The predicted octanol–water partition coefficient (Wildman–Crippen LogP) is 2.26. The van der Waals surface area contributed by atoms with Gasteiger partial charge in [0.15, 0.2) is 0 Å². The molecule has 1 aliphatic carbocycles. The average molecular weight is 360 g/mol. The van der Waals surface area contributed by atoms with Crippen LogP contribution in [0.5, 0.6) is 0 Å². The quantitative estimate of drug-likeness (QED) is 0.784. The Labute approximate surface area is 157 Å². The predicted molar refractivity (Wildman–Crippen MR) is 104 cm³/mol. The number of benzene rings is 1. The molecule has 2 aliphatic rings. The molecular weight excluding hydrogens is 326 g/mol. The van der Waals surface area contributed by atoms with E-state index in [-0.39, 0.29) is 17.0 Å². The van der Waals surface area contributed by atoms with Gasteiger partial charge in [0.05, 0.1) is 18.8 Å². The summed E-state index contributed by atoms with van der Waals surface area (Å²) >= 11 is 0. The number of hydrogen-bond acceptors (Lipinski definition) is 4. The summed E-state index contributed by atoms with van der Waals surface area (Å²) in [5, 5.41) is 3.22. The third kappa shape index (κ3) is 3.80. The molecule has 0 bridgehead atoms. The normalized spacial score (nSPS) is 29.4. The highest BCUT2D eigenvalue weighted by Crippen LogP contribution is 2.45. The summed E-state index contributed by atoms with van der Waals surface area (Å²) in [6.45, 7) is 5.18. The molecule has 3 rings (SSSR count). The Morgan fingerprint density at radius 3 is 2.38 bits per heavy atom. The van der Waals surface area contributed by atoms with Gasteiger partial charge in [-0.3, -0.25) is 9.69 Å². The van der Waals surface area contributed by atoms with E-state index in [0.29, 0.717) is 18.9 Å². The maximum absolute atomic E-state index is 12.0. The Morgan fingerprint density at radius 2 is 1.88 bits per heavy atom. The fourth-order valence-electron chi connectivity index (χ4n) is 4.50. The number of carbonyl (C=O) groups is 1. The molecule has 1 saturated heterocycles. The van der Waals surface area contributed by atoms with Gasteiger partial charge >= 0.3 is 0 Å². The van der Waals surface area contributed by atoms with Crippen molar-refractivity contribution in [2.75, 3.05) is 33.4 Å². The first kappa shape index (κ1) is 19.3. The van der Waals surface area contributed by atoms with Crippen LogP contribution in [0.1, 0.15) is 44.6 Å². The molecule has 1 aromatic carbocycles. The summed E-state index contributed by atoms with van der Waals surface area (Å²) in [7, 11) is 2.24. The van der Waals surface area contributed by atoms with Gasteiger partial charge in [0.2, 0.25) is 5.91 Å². The van der Waals surface area contributed by atoms with E-state index in [1.54, 1.807) is 0 Å². The Balaban J connectivity index is 1.81. The van der Waals surface area contributed by atoms with Crippen molar-refractivity contribution in [1.82, 2.24) is 10.2 Å². The van der Waals surface area contributed by atoms with Gasteiger partial charge in [-0.25, -0.2) is 0 Å². The van der Waals surface area contributed by atoms with Crippen molar-refractivity contribution in [1.29, 1.82) is 0 Å². The maximum atomic E-state index is 12.0. The van der Waals surface area contributed by atoms with Crippen LogP contribution in [-0.2, 0) is 15.1 Å². The highest BCUT2D eigenvalue weighted by atomic mass is 16.5. The Bertz CT molecular complexity index is 593. The number of carbonyl (C=O) groups excluding carboxylic acids is 1. The number of nitrogens with zero attached hydrogens (tertiary/aromatic N) is 1. The molecule has 1 amide bonds. The Morgan fingerprint density at radius 1 is 1.23 bits per heavy atom. The van der Waals surface area contributed by atoms with Crippen LogP contribution in [0.2, 0.25) is 0 Å². The van der Waals surface area contributed by atoms with Gasteiger partial charge in [0, 0.05) is 31.0 Å². The molecule has 0 unspecified atom stereocenters. The Kier molecular flexibility index (Phi) is 6.00. The molecule has 1 aromatic rings. The number of amides is 1. The highest BCUT2D eigenvalue weighted by Gasteiger charge is 2.46. The van der Waals surface area contributed by atoms with Gasteiger partial charge in [-0.15, -0.1) is 0 Å². The topological polar surface area (TPSA) is 67.6 Å². The summed E-state index contributed by atoms with van der Waals surface area (Å²) in [5.41, 5.74) is 7.23. The summed E-state index contributed by atoms with van der Waals surface area (Å²) in [6, 6.07) is 10.8. The van der Waals surface area contributed by atoms with Crippen molar-refractivity contribution in [2.45, 2.75) is 50.1 Å². The molecule has 1 saturated carbocycles. The smallest absolute Gasteiger partial charge is 0.220 e. The summed E-state index contributed by atoms with van der Waals surface area (Å²) in [5.74, 6) is 0.726. The van der Waals surface area contributed by atoms with Crippen LogP contribution in [0.25, 0.3) is 0 Å². The van der Waals surface area contributed by atoms with Crippen LogP contribution in [0.3, 0.4) is 0 Å². The first-order valence-electron chi connectivity index (χ1n) is 9.89. The SMILES string of the molecule is CCC(=O)N[C@]1(CN)CC[C@](c2ccccc2)(N(C)CC2COC2)CC1. The lowest BCUT2D eigenvalue weighted by atomic mass is 9.68. The molecule has 3 N–H and O–H groups in total. The van der Waals surface area contributed by atoms with Crippen LogP contribution in [0, 0.1) is 5.92 Å². The van der Waals surface area contributed by atoms with Crippen molar-refractivity contribution in [3.8, 4) is 0 Å². The minimum Gasteiger partial charge on any atom is -0.381 e. The van der Waals surface area contributed by atoms with Crippen molar-refractivity contribution in [3.05, 3.63) is 35.9 Å². The van der Waals surface area contributed by atoms with E-state index in [1.807, 2.05) is 6.92 Å². The molecule has 26 heavy (non-hydrogen) atoms. The fourth-order valence-corrected chi connectivity index (χ4v) is 4.50. The van der Waals surface area contributed by atoms with Gasteiger partial charge in [-0.2, -0.15) is 0 Å². The van der Waals surface area contributed by atoms with Crippen LogP contribution in [-0.4, -0.2) is 49.7 Å². The number of rotatable bonds is 7. The lowest BCUT2D eigenvalue weighted by molar-refractivity contribution is -0.123. The summed E-state index contributed by atoms with van der Waals surface area (Å²) < 4.78 is 5.38. The van der Waals surface area contributed by atoms with E-state index in [0.717, 1.165) is 45.4 Å². The van der Waals surface area contributed by atoms with E-state index in [1.165, 1.54) is 5.56 Å². The second-order valence-corrected chi connectivity index (χ2v) is 8.07. The molecule has 144 valence electrons. The van der Waals surface area contributed by atoms with Crippen molar-refractivity contribution >= 4 is 5.91 Å². The van der Waals surface area contributed by atoms with Gasteiger partial charge in [-0.1, -0.05) is 37.3 Å².